The van der Waals surface area contributed by atoms with Crippen molar-refractivity contribution in [1.82, 2.24) is 19.6 Å². The smallest absolute Gasteiger partial charge is 0.258 e. The van der Waals surface area contributed by atoms with Crippen LogP contribution in [0.15, 0.2) is 36.4 Å². The molecule has 0 saturated carbocycles. The van der Waals surface area contributed by atoms with E-state index < -0.39 is 0 Å². The van der Waals surface area contributed by atoms with Crippen LogP contribution in [0.3, 0.4) is 0 Å². The molecule has 5 heteroatoms. The molecule has 0 radical (unpaired) electrons. The van der Waals surface area contributed by atoms with Gasteiger partial charge in [-0.25, -0.2) is 0 Å². The van der Waals surface area contributed by atoms with Gasteiger partial charge in [0.1, 0.15) is 5.82 Å². The minimum atomic E-state index is 0.595. The Morgan fingerprint density at radius 1 is 1.05 bits per heavy atom. The average molecular weight is 296 g/mol. The summed E-state index contributed by atoms with van der Waals surface area (Å²) < 4.78 is 7.32. The lowest BCUT2D eigenvalue weighted by Crippen LogP contribution is -2.05. The number of aromatic nitrogens is 4. The lowest BCUT2D eigenvalue weighted by molar-refractivity contribution is 0.397. The molecular formula is C17H20N4O. The van der Waals surface area contributed by atoms with Gasteiger partial charge in [-0.05, 0) is 18.4 Å². The molecule has 3 rings (SSSR count). The number of nitrogens with zero attached hydrogens (tertiary/aromatic N) is 4. The first kappa shape index (κ1) is 14.5. The van der Waals surface area contributed by atoms with Gasteiger partial charge in [-0.15, -0.1) is 10.2 Å². The Hall–Kier alpha value is -2.43. The van der Waals surface area contributed by atoms with E-state index in [-0.39, 0.29) is 0 Å². The zero-order valence-corrected chi connectivity index (χ0v) is 13.0. The Morgan fingerprint density at radius 3 is 2.59 bits per heavy atom. The normalized spacial score (nSPS) is 11.0. The Kier molecular flexibility index (Phi) is 4.32. The summed E-state index contributed by atoms with van der Waals surface area (Å²) in [4.78, 5) is 4.38. The van der Waals surface area contributed by atoms with Gasteiger partial charge in [-0.1, -0.05) is 43.7 Å². The Bertz CT molecular complexity index is 752. The summed E-state index contributed by atoms with van der Waals surface area (Å²) in [7, 11) is 1.63. The molecule has 0 N–H and O–H groups in total. The Balaban J connectivity index is 1.92. The van der Waals surface area contributed by atoms with Crippen molar-refractivity contribution in [2.24, 2.45) is 0 Å². The third kappa shape index (κ3) is 2.93. The van der Waals surface area contributed by atoms with E-state index in [9.17, 15) is 0 Å². The summed E-state index contributed by atoms with van der Waals surface area (Å²) in [5, 5.41) is 8.53. The quantitative estimate of drug-likeness (QED) is 0.702. The maximum Gasteiger partial charge on any atom is 0.258 e. The molecule has 3 aromatic rings. The number of hydrogen-bond acceptors (Lipinski definition) is 4. The molecule has 0 aliphatic rings. The second-order valence-electron chi connectivity index (χ2n) is 5.28. The van der Waals surface area contributed by atoms with E-state index in [4.69, 9.17) is 4.74 Å². The predicted octanol–water partition coefficient (Wildman–Crippen LogP) is 2.87. The molecule has 2 aromatic heterocycles. The Morgan fingerprint density at radius 2 is 1.86 bits per heavy atom. The molecule has 0 unspecified atom stereocenters. The van der Waals surface area contributed by atoms with Crippen molar-refractivity contribution in [3.05, 3.63) is 53.5 Å². The van der Waals surface area contributed by atoms with Gasteiger partial charge in [0.25, 0.3) is 5.78 Å². The summed E-state index contributed by atoms with van der Waals surface area (Å²) in [5.74, 6) is 2.17. The summed E-state index contributed by atoms with van der Waals surface area (Å²) in [6, 6.07) is 12.4. The van der Waals surface area contributed by atoms with Crippen LogP contribution >= 0.6 is 0 Å². The van der Waals surface area contributed by atoms with Crippen molar-refractivity contribution in [1.29, 1.82) is 0 Å². The van der Waals surface area contributed by atoms with Gasteiger partial charge in [0.05, 0.1) is 7.11 Å². The highest BCUT2D eigenvalue weighted by atomic mass is 16.5. The monoisotopic (exact) mass is 296 g/mol. The zero-order valence-electron chi connectivity index (χ0n) is 13.0. The first-order valence-corrected chi connectivity index (χ1v) is 7.63. The topological polar surface area (TPSA) is 52.3 Å². The van der Waals surface area contributed by atoms with E-state index in [1.165, 1.54) is 5.56 Å². The molecule has 0 atom stereocenters. The molecule has 0 aliphatic carbocycles. The second-order valence-corrected chi connectivity index (χ2v) is 5.28. The highest BCUT2D eigenvalue weighted by Gasteiger charge is 2.12. The minimum Gasteiger partial charge on any atom is -0.481 e. The largest absolute Gasteiger partial charge is 0.481 e. The molecule has 5 nitrogen and oxygen atoms in total. The zero-order chi connectivity index (χ0) is 15.4. The lowest BCUT2D eigenvalue weighted by atomic mass is 10.1. The first-order chi connectivity index (χ1) is 10.8. The van der Waals surface area contributed by atoms with Crippen LogP contribution in [0.2, 0.25) is 0 Å². The van der Waals surface area contributed by atoms with Gasteiger partial charge >= 0.3 is 0 Å². The third-order valence-electron chi connectivity index (χ3n) is 3.70. The number of hydrogen-bond donors (Lipinski definition) is 0. The molecule has 0 bridgehead atoms. The predicted molar refractivity (Wildman–Crippen MR) is 85.2 cm³/mol. The second kappa shape index (κ2) is 6.56. The van der Waals surface area contributed by atoms with Crippen LogP contribution in [0.1, 0.15) is 30.4 Å². The summed E-state index contributed by atoms with van der Waals surface area (Å²) in [6.45, 7) is 2.16. The SMILES string of the molecule is CCCc1cc(OC)nc2nnc(CCc3ccccc3)n12. The molecule has 0 aliphatic heterocycles. The molecule has 0 fully saturated rings. The van der Waals surface area contributed by atoms with Crippen LogP contribution in [0.25, 0.3) is 5.78 Å². The van der Waals surface area contributed by atoms with Crippen LogP contribution in [0, 0.1) is 0 Å². The summed E-state index contributed by atoms with van der Waals surface area (Å²) >= 11 is 0. The number of aryl methyl sites for hydroxylation is 3. The van der Waals surface area contributed by atoms with Crippen molar-refractivity contribution in [2.45, 2.75) is 32.6 Å². The van der Waals surface area contributed by atoms with Gasteiger partial charge in [0, 0.05) is 18.2 Å². The van der Waals surface area contributed by atoms with Crippen LogP contribution in [0.5, 0.6) is 5.88 Å². The van der Waals surface area contributed by atoms with Gasteiger partial charge in [0.2, 0.25) is 5.88 Å². The number of ether oxygens (including phenoxy) is 1. The lowest BCUT2D eigenvalue weighted by Gasteiger charge is -2.08. The van der Waals surface area contributed by atoms with Gasteiger partial charge in [0.15, 0.2) is 0 Å². The molecular weight excluding hydrogens is 276 g/mol. The number of methoxy groups -OCH3 is 1. The highest BCUT2D eigenvalue weighted by molar-refractivity contribution is 5.36. The van der Waals surface area contributed by atoms with E-state index in [0.717, 1.165) is 37.2 Å². The summed E-state index contributed by atoms with van der Waals surface area (Å²) in [5.41, 5.74) is 2.45. The maximum absolute atomic E-state index is 5.26. The van der Waals surface area contributed by atoms with E-state index in [1.807, 2.05) is 12.1 Å². The van der Waals surface area contributed by atoms with Gasteiger partial charge in [-0.2, -0.15) is 4.98 Å². The molecule has 1 aromatic carbocycles. The van der Waals surface area contributed by atoms with Crippen molar-refractivity contribution in [2.75, 3.05) is 7.11 Å². The fourth-order valence-corrected chi connectivity index (χ4v) is 2.62. The van der Waals surface area contributed by atoms with Crippen LogP contribution < -0.4 is 4.74 Å². The van der Waals surface area contributed by atoms with Crippen molar-refractivity contribution in [3.63, 3.8) is 0 Å². The van der Waals surface area contributed by atoms with Crippen molar-refractivity contribution in [3.8, 4) is 5.88 Å². The van der Waals surface area contributed by atoms with E-state index in [2.05, 4.69) is 50.8 Å². The standard InChI is InChI=1S/C17H20N4O/c1-3-7-14-12-16(22-2)18-17-20-19-15(21(14)17)11-10-13-8-5-4-6-9-13/h4-6,8-9,12H,3,7,10-11H2,1-2H3. The maximum atomic E-state index is 5.26. The van der Waals surface area contributed by atoms with Gasteiger partial charge < -0.3 is 4.74 Å². The first-order valence-electron chi connectivity index (χ1n) is 7.63. The molecule has 22 heavy (non-hydrogen) atoms. The molecule has 2 heterocycles. The fourth-order valence-electron chi connectivity index (χ4n) is 2.62. The molecule has 0 amide bonds. The number of benzene rings is 1. The van der Waals surface area contributed by atoms with Gasteiger partial charge in [-0.3, -0.25) is 4.40 Å². The molecule has 0 spiro atoms. The average Bonchev–Trinajstić information content (AvgIpc) is 2.97. The third-order valence-corrected chi connectivity index (χ3v) is 3.70. The van der Waals surface area contributed by atoms with Crippen LogP contribution in [0.4, 0.5) is 0 Å². The molecule has 0 saturated heterocycles. The van der Waals surface area contributed by atoms with Crippen LogP contribution in [-0.2, 0) is 19.3 Å². The minimum absolute atomic E-state index is 0.595. The summed E-state index contributed by atoms with van der Waals surface area (Å²) in [6.07, 6.45) is 3.79. The van der Waals surface area contributed by atoms with Crippen molar-refractivity contribution >= 4 is 5.78 Å². The number of rotatable bonds is 6. The number of fused-ring (bicyclic) bond motifs is 1. The van der Waals surface area contributed by atoms with E-state index in [0.29, 0.717) is 11.7 Å². The van der Waals surface area contributed by atoms with E-state index >= 15 is 0 Å². The van der Waals surface area contributed by atoms with E-state index in [1.54, 1.807) is 7.11 Å². The van der Waals surface area contributed by atoms with Crippen LogP contribution in [-0.4, -0.2) is 26.7 Å². The van der Waals surface area contributed by atoms with Crippen molar-refractivity contribution < 1.29 is 4.74 Å². The highest BCUT2D eigenvalue weighted by Crippen LogP contribution is 2.17. The Labute approximate surface area is 130 Å². The fraction of sp³-hybridized carbons (Fsp3) is 0.353. The molecule has 114 valence electrons.